The molecular formula is C11H15N5O. The topological polar surface area (TPSA) is 64.7 Å². The van der Waals surface area contributed by atoms with Crippen molar-refractivity contribution in [2.24, 2.45) is 7.05 Å². The normalized spacial score (nSPS) is 10.5. The number of aryl methyl sites for hydroxylation is 3. The van der Waals surface area contributed by atoms with Crippen LogP contribution in [0.4, 0.5) is 5.82 Å². The van der Waals surface area contributed by atoms with Crippen molar-refractivity contribution in [1.29, 1.82) is 0 Å². The van der Waals surface area contributed by atoms with Crippen molar-refractivity contribution in [2.75, 3.05) is 5.32 Å². The average molecular weight is 233 g/mol. The summed E-state index contributed by atoms with van der Waals surface area (Å²) in [6, 6.07) is 0. The first kappa shape index (κ1) is 11.4. The molecule has 1 amide bonds. The van der Waals surface area contributed by atoms with Crippen LogP contribution in [0, 0.1) is 6.92 Å². The van der Waals surface area contributed by atoms with Gasteiger partial charge in [0.05, 0.1) is 12.5 Å². The third kappa shape index (κ3) is 2.20. The van der Waals surface area contributed by atoms with Gasteiger partial charge < -0.3 is 9.88 Å². The number of amides is 1. The number of nitrogens with one attached hydrogen (secondary N) is 1. The minimum atomic E-state index is -0.219. The van der Waals surface area contributed by atoms with Crippen LogP contribution in [0.5, 0.6) is 0 Å². The first-order chi connectivity index (χ1) is 8.11. The monoisotopic (exact) mass is 233 g/mol. The van der Waals surface area contributed by atoms with Crippen molar-refractivity contribution >= 4 is 11.7 Å². The highest BCUT2D eigenvalue weighted by Gasteiger charge is 2.13. The maximum Gasteiger partial charge on any atom is 0.276 e. The molecule has 0 unspecified atom stereocenters. The van der Waals surface area contributed by atoms with Gasteiger partial charge in [-0.3, -0.25) is 4.79 Å². The van der Waals surface area contributed by atoms with Crippen LogP contribution >= 0.6 is 0 Å². The van der Waals surface area contributed by atoms with Gasteiger partial charge in [0.25, 0.3) is 5.91 Å². The van der Waals surface area contributed by atoms with Crippen LogP contribution in [0.3, 0.4) is 0 Å². The van der Waals surface area contributed by atoms with E-state index in [1.807, 2.05) is 20.9 Å². The molecule has 0 fully saturated rings. The van der Waals surface area contributed by atoms with E-state index in [0.29, 0.717) is 12.2 Å². The second-order valence-corrected chi connectivity index (χ2v) is 3.87. The summed E-state index contributed by atoms with van der Waals surface area (Å²) >= 11 is 0. The van der Waals surface area contributed by atoms with E-state index in [0.717, 1.165) is 11.4 Å². The third-order valence-electron chi connectivity index (χ3n) is 2.49. The van der Waals surface area contributed by atoms with Gasteiger partial charge in [0, 0.05) is 25.4 Å². The van der Waals surface area contributed by atoms with Crippen LogP contribution in [-0.4, -0.2) is 25.2 Å². The molecule has 0 aromatic carbocycles. The Kier molecular flexibility index (Phi) is 2.95. The summed E-state index contributed by atoms with van der Waals surface area (Å²) in [6.07, 6.45) is 5.01. The Morgan fingerprint density at radius 3 is 2.88 bits per heavy atom. The fourth-order valence-electron chi connectivity index (χ4n) is 1.58. The van der Waals surface area contributed by atoms with E-state index >= 15 is 0 Å². The average Bonchev–Trinajstić information content (AvgIpc) is 2.87. The smallest absolute Gasteiger partial charge is 0.276 e. The molecule has 2 aromatic heterocycles. The van der Waals surface area contributed by atoms with Crippen LogP contribution in [-0.2, 0) is 13.6 Å². The Bertz CT molecular complexity index is 540. The standard InChI is InChI=1S/C11H15N5O/c1-4-16-10(8(2)5-13-16)14-11(17)9-6-15(3)7-12-9/h5-7H,4H2,1-3H3,(H,14,17). The molecule has 0 bridgehead atoms. The van der Waals surface area contributed by atoms with Crippen LogP contribution < -0.4 is 5.32 Å². The summed E-state index contributed by atoms with van der Waals surface area (Å²) in [6.45, 7) is 4.60. The van der Waals surface area contributed by atoms with Crippen molar-refractivity contribution in [3.05, 3.63) is 30.0 Å². The molecule has 0 aliphatic rings. The van der Waals surface area contributed by atoms with E-state index in [-0.39, 0.29) is 5.91 Å². The van der Waals surface area contributed by atoms with Crippen molar-refractivity contribution < 1.29 is 4.79 Å². The molecule has 0 aliphatic heterocycles. The highest BCUT2D eigenvalue weighted by molar-refractivity contribution is 6.02. The number of carbonyl (C=O) groups excluding carboxylic acids is 1. The van der Waals surface area contributed by atoms with Crippen molar-refractivity contribution in [1.82, 2.24) is 19.3 Å². The molecule has 2 rings (SSSR count). The van der Waals surface area contributed by atoms with Gasteiger partial charge >= 0.3 is 0 Å². The molecule has 6 nitrogen and oxygen atoms in total. The van der Waals surface area contributed by atoms with Gasteiger partial charge in [0.2, 0.25) is 0 Å². The lowest BCUT2D eigenvalue weighted by molar-refractivity contribution is 0.102. The Morgan fingerprint density at radius 1 is 1.53 bits per heavy atom. The van der Waals surface area contributed by atoms with E-state index in [2.05, 4.69) is 15.4 Å². The molecule has 90 valence electrons. The number of aromatic nitrogens is 4. The lowest BCUT2D eigenvalue weighted by Gasteiger charge is -2.06. The van der Waals surface area contributed by atoms with E-state index in [1.54, 1.807) is 28.0 Å². The largest absolute Gasteiger partial charge is 0.340 e. The van der Waals surface area contributed by atoms with Gasteiger partial charge in [-0.05, 0) is 13.8 Å². The van der Waals surface area contributed by atoms with Crippen molar-refractivity contribution in [2.45, 2.75) is 20.4 Å². The molecule has 1 N–H and O–H groups in total. The van der Waals surface area contributed by atoms with Crippen molar-refractivity contribution in [3.63, 3.8) is 0 Å². The first-order valence-electron chi connectivity index (χ1n) is 5.43. The molecule has 6 heteroatoms. The quantitative estimate of drug-likeness (QED) is 0.866. The van der Waals surface area contributed by atoms with Crippen LogP contribution in [0.2, 0.25) is 0 Å². The highest BCUT2D eigenvalue weighted by atomic mass is 16.2. The molecule has 0 aliphatic carbocycles. The fourth-order valence-corrected chi connectivity index (χ4v) is 1.58. The number of imidazole rings is 1. The maximum absolute atomic E-state index is 11.9. The first-order valence-corrected chi connectivity index (χ1v) is 5.43. The van der Waals surface area contributed by atoms with Gasteiger partial charge in [-0.1, -0.05) is 0 Å². The Labute approximate surface area is 99.3 Å². The minimum Gasteiger partial charge on any atom is -0.340 e. The SMILES string of the molecule is CCn1ncc(C)c1NC(=O)c1cn(C)cn1. The summed E-state index contributed by atoms with van der Waals surface area (Å²) < 4.78 is 3.48. The molecule has 17 heavy (non-hydrogen) atoms. The molecule has 2 aromatic rings. The number of hydrogen-bond acceptors (Lipinski definition) is 3. The molecule has 0 saturated carbocycles. The number of rotatable bonds is 3. The van der Waals surface area contributed by atoms with Crippen LogP contribution in [0.1, 0.15) is 23.0 Å². The number of nitrogens with zero attached hydrogens (tertiary/aromatic N) is 4. The van der Waals surface area contributed by atoms with Crippen molar-refractivity contribution in [3.8, 4) is 0 Å². The molecule has 2 heterocycles. The summed E-state index contributed by atoms with van der Waals surface area (Å²) in [5.74, 6) is 0.507. The van der Waals surface area contributed by atoms with Gasteiger partial charge in [0.1, 0.15) is 11.5 Å². The minimum absolute atomic E-state index is 0.219. The molecule has 0 radical (unpaired) electrons. The summed E-state index contributed by atoms with van der Waals surface area (Å²) in [5, 5.41) is 6.99. The van der Waals surface area contributed by atoms with E-state index in [4.69, 9.17) is 0 Å². The van der Waals surface area contributed by atoms with Gasteiger partial charge in [0.15, 0.2) is 0 Å². The van der Waals surface area contributed by atoms with E-state index < -0.39 is 0 Å². The molecular weight excluding hydrogens is 218 g/mol. The van der Waals surface area contributed by atoms with Crippen LogP contribution in [0.25, 0.3) is 0 Å². The van der Waals surface area contributed by atoms with Crippen LogP contribution in [0.15, 0.2) is 18.7 Å². The lowest BCUT2D eigenvalue weighted by Crippen LogP contribution is -2.16. The highest BCUT2D eigenvalue weighted by Crippen LogP contribution is 2.14. The summed E-state index contributed by atoms with van der Waals surface area (Å²) in [7, 11) is 1.82. The van der Waals surface area contributed by atoms with Gasteiger partial charge in [-0.2, -0.15) is 5.10 Å². The van der Waals surface area contributed by atoms with E-state index in [9.17, 15) is 4.79 Å². The second-order valence-electron chi connectivity index (χ2n) is 3.87. The predicted molar refractivity (Wildman–Crippen MR) is 63.8 cm³/mol. The zero-order valence-electron chi connectivity index (χ0n) is 10.1. The number of hydrogen-bond donors (Lipinski definition) is 1. The molecule has 0 saturated heterocycles. The Balaban J connectivity index is 2.21. The zero-order chi connectivity index (χ0) is 12.4. The van der Waals surface area contributed by atoms with Gasteiger partial charge in [-0.15, -0.1) is 0 Å². The maximum atomic E-state index is 11.9. The molecule has 0 atom stereocenters. The summed E-state index contributed by atoms with van der Waals surface area (Å²) in [4.78, 5) is 15.9. The summed E-state index contributed by atoms with van der Waals surface area (Å²) in [5.41, 5.74) is 1.34. The molecule has 0 spiro atoms. The van der Waals surface area contributed by atoms with E-state index in [1.165, 1.54) is 0 Å². The predicted octanol–water partition coefficient (Wildman–Crippen LogP) is 1.20. The lowest BCUT2D eigenvalue weighted by atomic mass is 10.3. The number of anilines is 1. The fraction of sp³-hybridized carbons (Fsp3) is 0.364. The number of carbonyl (C=O) groups is 1. The zero-order valence-corrected chi connectivity index (χ0v) is 10.1. The second kappa shape index (κ2) is 4.40. The van der Waals surface area contributed by atoms with Gasteiger partial charge in [-0.25, -0.2) is 9.67 Å². The Morgan fingerprint density at radius 2 is 2.29 bits per heavy atom. The Hall–Kier alpha value is -2.11. The third-order valence-corrected chi connectivity index (χ3v) is 2.49.